The summed E-state index contributed by atoms with van der Waals surface area (Å²) in [5.74, 6) is -0.0816. The number of esters is 1. The highest BCUT2D eigenvalue weighted by Gasteiger charge is 2.36. The number of likely N-dealkylation sites (N-methyl/N-ethyl adjacent to an activating group) is 1. The Morgan fingerprint density at radius 2 is 2.23 bits per heavy atom. The second-order valence-electron chi connectivity index (χ2n) is 6.12. The largest absolute Gasteiger partial charge is 0.461 e. The first-order valence-corrected chi connectivity index (χ1v) is 8.79. The van der Waals surface area contributed by atoms with Gasteiger partial charge in [-0.1, -0.05) is 6.07 Å². The zero-order chi connectivity index (χ0) is 15.5. The second kappa shape index (κ2) is 7.08. The number of cyclic esters (lactones) is 1. The van der Waals surface area contributed by atoms with Crippen molar-refractivity contribution in [3.63, 3.8) is 0 Å². The fraction of sp³-hybridized carbons (Fsp3) is 0.688. The molecule has 0 aromatic carbocycles. The molecule has 1 aromatic heterocycles. The van der Waals surface area contributed by atoms with Crippen molar-refractivity contribution in [3.8, 4) is 0 Å². The van der Waals surface area contributed by atoms with E-state index in [1.54, 1.807) is 11.3 Å². The van der Waals surface area contributed by atoms with Crippen LogP contribution < -0.4 is 0 Å². The minimum Gasteiger partial charge on any atom is -0.461 e. The first kappa shape index (κ1) is 15.9. The van der Waals surface area contributed by atoms with E-state index in [4.69, 9.17) is 9.47 Å². The molecule has 0 amide bonds. The number of ether oxygens (including phenoxy) is 2. The maximum Gasteiger partial charge on any atom is 0.323 e. The van der Waals surface area contributed by atoms with Gasteiger partial charge in [0.1, 0.15) is 12.1 Å². The van der Waals surface area contributed by atoms with Crippen LogP contribution in [0.15, 0.2) is 17.5 Å². The molecular weight excluding hydrogens is 300 g/mol. The second-order valence-corrected chi connectivity index (χ2v) is 7.10. The molecule has 2 fully saturated rings. The fourth-order valence-electron chi connectivity index (χ4n) is 3.25. The fourth-order valence-corrected chi connectivity index (χ4v) is 4.10. The number of morpholine rings is 1. The van der Waals surface area contributed by atoms with Gasteiger partial charge in [0.25, 0.3) is 0 Å². The Labute approximate surface area is 135 Å². The van der Waals surface area contributed by atoms with Crippen molar-refractivity contribution >= 4 is 17.3 Å². The van der Waals surface area contributed by atoms with Gasteiger partial charge >= 0.3 is 5.97 Å². The van der Waals surface area contributed by atoms with Crippen molar-refractivity contribution in [3.05, 3.63) is 22.4 Å². The van der Waals surface area contributed by atoms with E-state index in [9.17, 15) is 4.79 Å². The van der Waals surface area contributed by atoms with Gasteiger partial charge in [0.2, 0.25) is 0 Å². The van der Waals surface area contributed by atoms with Crippen LogP contribution >= 0.6 is 11.3 Å². The minimum atomic E-state index is -0.112. The molecule has 0 bridgehead atoms. The molecule has 0 saturated carbocycles. The average Bonchev–Trinajstić information content (AvgIpc) is 3.15. The predicted molar refractivity (Wildman–Crippen MR) is 86.0 cm³/mol. The van der Waals surface area contributed by atoms with E-state index in [2.05, 4.69) is 27.3 Å². The van der Waals surface area contributed by atoms with Crippen LogP contribution in [-0.4, -0.2) is 67.8 Å². The molecule has 3 heterocycles. The van der Waals surface area contributed by atoms with E-state index >= 15 is 0 Å². The number of rotatable bonds is 5. The van der Waals surface area contributed by atoms with E-state index in [-0.39, 0.29) is 18.1 Å². The quantitative estimate of drug-likeness (QED) is 0.772. The Bertz CT molecular complexity index is 488. The highest BCUT2D eigenvalue weighted by Crippen LogP contribution is 2.29. The average molecular weight is 324 g/mol. The highest BCUT2D eigenvalue weighted by atomic mass is 32.1. The zero-order valence-corrected chi connectivity index (χ0v) is 14.1. The Morgan fingerprint density at radius 3 is 2.82 bits per heavy atom. The lowest BCUT2D eigenvalue weighted by atomic mass is 10.1. The van der Waals surface area contributed by atoms with Gasteiger partial charge in [0.05, 0.1) is 19.3 Å². The summed E-state index contributed by atoms with van der Waals surface area (Å²) in [4.78, 5) is 18.0. The van der Waals surface area contributed by atoms with E-state index in [0.717, 1.165) is 39.3 Å². The molecule has 3 atom stereocenters. The molecule has 2 saturated heterocycles. The van der Waals surface area contributed by atoms with Crippen molar-refractivity contribution in [2.75, 3.05) is 39.9 Å². The van der Waals surface area contributed by atoms with E-state index in [0.29, 0.717) is 6.04 Å². The topological polar surface area (TPSA) is 42.0 Å². The lowest BCUT2D eigenvalue weighted by molar-refractivity contribution is -0.144. The third kappa shape index (κ3) is 3.51. The minimum absolute atomic E-state index is 0.0310. The Balaban J connectivity index is 1.71. The smallest absolute Gasteiger partial charge is 0.323 e. The van der Waals surface area contributed by atoms with Crippen LogP contribution in [0.25, 0.3) is 0 Å². The molecular formula is C16H24N2O3S. The van der Waals surface area contributed by atoms with Crippen molar-refractivity contribution in [1.82, 2.24) is 9.80 Å². The Morgan fingerprint density at radius 1 is 1.45 bits per heavy atom. The third-order valence-electron chi connectivity index (χ3n) is 4.50. The highest BCUT2D eigenvalue weighted by molar-refractivity contribution is 7.10. The zero-order valence-electron chi connectivity index (χ0n) is 13.2. The van der Waals surface area contributed by atoms with Crippen molar-refractivity contribution in [2.45, 2.75) is 31.5 Å². The predicted octanol–water partition coefficient (Wildman–Crippen LogP) is 1.76. The molecule has 0 spiro atoms. The number of thiophene rings is 1. The molecule has 1 aromatic rings. The van der Waals surface area contributed by atoms with Crippen LogP contribution in [0.1, 0.15) is 24.3 Å². The molecule has 2 aliphatic rings. The molecule has 0 unspecified atom stereocenters. The Hall–Kier alpha value is -0.950. The van der Waals surface area contributed by atoms with Gasteiger partial charge in [0.15, 0.2) is 0 Å². The summed E-state index contributed by atoms with van der Waals surface area (Å²) >= 11 is 1.79. The summed E-state index contributed by atoms with van der Waals surface area (Å²) in [6.45, 7) is 6.27. The van der Waals surface area contributed by atoms with Crippen LogP contribution in [0.5, 0.6) is 0 Å². The summed E-state index contributed by atoms with van der Waals surface area (Å²) in [5.41, 5.74) is 0. The summed E-state index contributed by atoms with van der Waals surface area (Å²) in [6, 6.07) is 4.49. The number of hydrogen-bond donors (Lipinski definition) is 0. The number of nitrogens with zero attached hydrogens (tertiary/aromatic N) is 2. The monoisotopic (exact) mass is 324 g/mol. The van der Waals surface area contributed by atoms with Crippen LogP contribution in [0.3, 0.4) is 0 Å². The first-order valence-electron chi connectivity index (χ1n) is 7.91. The molecule has 3 rings (SSSR count). The van der Waals surface area contributed by atoms with Gasteiger partial charge in [-0.25, -0.2) is 0 Å². The van der Waals surface area contributed by atoms with Gasteiger partial charge in [-0.3, -0.25) is 14.6 Å². The maximum absolute atomic E-state index is 12.0. The van der Waals surface area contributed by atoms with E-state index in [1.807, 2.05) is 14.0 Å². The van der Waals surface area contributed by atoms with Crippen LogP contribution in [0, 0.1) is 0 Å². The van der Waals surface area contributed by atoms with Crippen LogP contribution in [0.4, 0.5) is 0 Å². The lowest BCUT2D eigenvalue weighted by Crippen LogP contribution is -2.46. The Kier molecular flexibility index (Phi) is 5.13. The van der Waals surface area contributed by atoms with E-state index < -0.39 is 0 Å². The lowest BCUT2D eigenvalue weighted by Gasteiger charge is -2.37. The standard InChI is InChI=1S/C16H24N2O3S/c1-12-10-13(16(19)21-12)17(2)11-14(15-4-3-9-22-15)18-5-7-20-8-6-18/h3-4,9,12-14H,5-8,10-11H2,1-2H3/t12-,13+,14-/m1/s1. The molecule has 0 radical (unpaired) electrons. The van der Waals surface area contributed by atoms with Crippen molar-refractivity contribution in [2.24, 2.45) is 0 Å². The molecule has 2 aliphatic heterocycles. The molecule has 22 heavy (non-hydrogen) atoms. The van der Waals surface area contributed by atoms with Crippen LogP contribution in [0.2, 0.25) is 0 Å². The summed E-state index contributed by atoms with van der Waals surface area (Å²) in [7, 11) is 2.03. The molecule has 0 N–H and O–H groups in total. The molecule has 5 nitrogen and oxygen atoms in total. The number of carbonyl (C=O) groups is 1. The normalized spacial score (nSPS) is 28.0. The summed E-state index contributed by atoms with van der Waals surface area (Å²) in [5, 5.41) is 2.12. The summed E-state index contributed by atoms with van der Waals surface area (Å²) in [6.07, 6.45) is 0.818. The van der Waals surface area contributed by atoms with Crippen molar-refractivity contribution < 1.29 is 14.3 Å². The summed E-state index contributed by atoms with van der Waals surface area (Å²) < 4.78 is 10.8. The van der Waals surface area contributed by atoms with E-state index in [1.165, 1.54) is 4.88 Å². The SMILES string of the molecule is C[C@@H]1C[C@H](N(C)C[C@H](c2cccs2)N2CCOCC2)C(=O)O1. The third-order valence-corrected chi connectivity index (χ3v) is 5.47. The van der Waals surface area contributed by atoms with Gasteiger partial charge in [0, 0.05) is 30.9 Å². The first-order chi connectivity index (χ1) is 10.6. The van der Waals surface area contributed by atoms with Crippen molar-refractivity contribution in [1.29, 1.82) is 0 Å². The van der Waals surface area contributed by atoms with Gasteiger partial charge in [-0.05, 0) is 25.4 Å². The maximum atomic E-state index is 12.0. The van der Waals surface area contributed by atoms with Gasteiger partial charge in [-0.2, -0.15) is 0 Å². The molecule has 0 aliphatic carbocycles. The molecule has 6 heteroatoms. The molecule has 122 valence electrons. The number of hydrogen-bond acceptors (Lipinski definition) is 6. The van der Waals surface area contributed by atoms with Gasteiger partial charge < -0.3 is 9.47 Å². The van der Waals surface area contributed by atoms with Gasteiger partial charge in [-0.15, -0.1) is 11.3 Å². The number of carbonyl (C=O) groups excluding carboxylic acids is 1. The van der Waals surface area contributed by atoms with Crippen LogP contribution in [-0.2, 0) is 14.3 Å².